The van der Waals surface area contributed by atoms with E-state index < -0.39 is 8.32 Å². The van der Waals surface area contributed by atoms with Crippen LogP contribution in [0.2, 0.25) is 16.6 Å². The fourth-order valence-electron chi connectivity index (χ4n) is 6.49. The van der Waals surface area contributed by atoms with Crippen LogP contribution in [0, 0.1) is 5.41 Å². The van der Waals surface area contributed by atoms with E-state index in [1.165, 1.54) is 25.7 Å². The Labute approximate surface area is 156 Å². The van der Waals surface area contributed by atoms with Crippen molar-refractivity contribution in [3.8, 4) is 0 Å². The molecule has 1 spiro atoms. The minimum absolute atomic E-state index is 0.00446. The summed E-state index contributed by atoms with van der Waals surface area (Å²) in [6.07, 6.45) is 11.2. The van der Waals surface area contributed by atoms with E-state index in [-0.39, 0.29) is 22.7 Å². The Morgan fingerprint density at radius 1 is 0.920 bits per heavy atom. The van der Waals surface area contributed by atoms with Gasteiger partial charge in [-0.15, -0.1) is 0 Å². The Hall–Kier alpha value is -0.123. The number of fused-ring (bicyclic) bond motifs is 1. The van der Waals surface area contributed by atoms with Crippen LogP contribution in [0.4, 0.5) is 0 Å². The second-order valence-electron chi connectivity index (χ2n) is 10.4. The highest BCUT2D eigenvalue weighted by atomic mass is 28.4. The maximum Gasteiger partial charge on any atom is 0.200 e. The highest BCUT2D eigenvalue weighted by molar-refractivity contribution is 6.77. The molecule has 0 aromatic heterocycles. The third-order valence-electron chi connectivity index (χ3n) is 7.97. The van der Waals surface area contributed by atoms with Crippen molar-refractivity contribution in [3.63, 3.8) is 0 Å². The molecule has 0 aromatic carbocycles. The molecule has 0 radical (unpaired) electrons. The van der Waals surface area contributed by atoms with Crippen molar-refractivity contribution >= 4 is 8.32 Å². The summed E-state index contributed by atoms with van der Waals surface area (Å²) in [7, 11) is -1.90. The summed E-state index contributed by atoms with van der Waals surface area (Å²) in [6.45, 7) is 19.0. The molecular formula is C22H40O2Si. The minimum Gasteiger partial charge on any atom is -0.410 e. The molecule has 1 saturated carbocycles. The monoisotopic (exact) mass is 364 g/mol. The molecule has 0 aromatic rings. The molecule has 0 amide bonds. The van der Waals surface area contributed by atoms with E-state index in [9.17, 15) is 0 Å². The predicted octanol–water partition coefficient (Wildman–Crippen LogP) is 6.62. The predicted molar refractivity (Wildman–Crippen MR) is 108 cm³/mol. The zero-order chi connectivity index (χ0) is 18.7. The van der Waals surface area contributed by atoms with Gasteiger partial charge in [0.25, 0.3) is 0 Å². The molecule has 25 heavy (non-hydrogen) atoms. The lowest BCUT2D eigenvalue weighted by atomic mass is 9.63. The van der Waals surface area contributed by atoms with Gasteiger partial charge in [0.05, 0.1) is 11.7 Å². The van der Waals surface area contributed by atoms with Crippen LogP contribution in [-0.4, -0.2) is 25.6 Å². The Morgan fingerprint density at radius 2 is 1.48 bits per heavy atom. The number of hydrogen-bond donors (Lipinski definition) is 0. The molecule has 2 nitrogen and oxygen atoms in total. The minimum atomic E-state index is -1.90. The third-order valence-corrected chi connectivity index (χ3v) is 14.1. The van der Waals surface area contributed by atoms with Crippen LogP contribution in [0.15, 0.2) is 12.2 Å². The van der Waals surface area contributed by atoms with E-state index in [4.69, 9.17) is 9.16 Å². The van der Waals surface area contributed by atoms with Crippen LogP contribution in [0.25, 0.3) is 0 Å². The Bertz CT molecular complexity index is 518. The molecule has 2 aliphatic heterocycles. The zero-order valence-electron chi connectivity index (χ0n) is 17.8. The van der Waals surface area contributed by atoms with Gasteiger partial charge < -0.3 is 9.16 Å². The van der Waals surface area contributed by atoms with Gasteiger partial charge in [0.1, 0.15) is 5.60 Å². The van der Waals surface area contributed by atoms with Crippen molar-refractivity contribution < 1.29 is 9.16 Å². The molecule has 144 valence electrons. The van der Waals surface area contributed by atoms with Crippen LogP contribution in [0.1, 0.15) is 87.5 Å². The number of rotatable bonds is 5. The molecule has 4 atom stereocenters. The van der Waals surface area contributed by atoms with Crippen molar-refractivity contribution in [1.29, 1.82) is 0 Å². The van der Waals surface area contributed by atoms with Gasteiger partial charge in [-0.3, -0.25) is 0 Å². The molecule has 2 heterocycles. The van der Waals surface area contributed by atoms with Crippen LogP contribution in [-0.2, 0) is 9.16 Å². The van der Waals surface area contributed by atoms with Crippen molar-refractivity contribution in [2.75, 3.05) is 0 Å². The lowest BCUT2D eigenvalue weighted by Crippen LogP contribution is -2.53. The van der Waals surface area contributed by atoms with E-state index in [1.807, 2.05) is 0 Å². The van der Waals surface area contributed by atoms with Crippen LogP contribution in [0.5, 0.6) is 0 Å². The summed E-state index contributed by atoms with van der Waals surface area (Å²) < 4.78 is 14.1. The van der Waals surface area contributed by atoms with Gasteiger partial charge in [-0.1, -0.05) is 73.5 Å². The SMILES string of the molecule is CC(C)[Si](O[C@@H]1C[C@@]23CCCCC2(C)C=C[C@]1(C)O3)(C(C)C)C(C)C. The normalized spacial score (nSPS) is 41.0. The summed E-state index contributed by atoms with van der Waals surface area (Å²) in [5.41, 5.74) is 1.82. The molecule has 2 fully saturated rings. The molecule has 1 aliphatic carbocycles. The standard InChI is InChI=1S/C22H40O2Si/c1-16(2)25(17(3)4,18(5)6)23-19-15-22-12-10-9-11-20(22,7)13-14-21(19,8)24-22/h13-14,16-19H,9-12,15H2,1-8H3/t19-,20?,21+,22+/m1/s1. The summed E-state index contributed by atoms with van der Waals surface area (Å²) in [6, 6.07) is 0. The first-order valence-electron chi connectivity index (χ1n) is 10.6. The second kappa shape index (κ2) is 6.20. The quantitative estimate of drug-likeness (QED) is 0.403. The first kappa shape index (κ1) is 19.6. The van der Waals surface area contributed by atoms with E-state index in [0.717, 1.165) is 6.42 Å². The van der Waals surface area contributed by atoms with E-state index >= 15 is 0 Å². The smallest absolute Gasteiger partial charge is 0.200 e. The summed E-state index contributed by atoms with van der Waals surface area (Å²) in [5, 5.41) is 0. The van der Waals surface area contributed by atoms with Gasteiger partial charge in [-0.2, -0.15) is 0 Å². The lowest BCUT2D eigenvalue weighted by molar-refractivity contribution is -0.161. The number of hydrogen-bond acceptors (Lipinski definition) is 2. The molecule has 2 bridgehead atoms. The summed E-state index contributed by atoms with van der Waals surface area (Å²) in [4.78, 5) is 0. The van der Waals surface area contributed by atoms with Crippen molar-refractivity contribution in [2.45, 2.75) is 121 Å². The van der Waals surface area contributed by atoms with E-state index in [1.54, 1.807) is 0 Å². The Morgan fingerprint density at radius 3 is 2.04 bits per heavy atom. The van der Waals surface area contributed by atoms with Gasteiger partial charge in [-0.25, -0.2) is 0 Å². The van der Waals surface area contributed by atoms with E-state index in [0.29, 0.717) is 16.6 Å². The van der Waals surface area contributed by atoms with Gasteiger partial charge >= 0.3 is 0 Å². The van der Waals surface area contributed by atoms with Crippen LogP contribution < -0.4 is 0 Å². The fourth-order valence-corrected chi connectivity index (χ4v) is 12.1. The Kier molecular flexibility index (Phi) is 4.87. The summed E-state index contributed by atoms with van der Waals surface area (Å²) >= 11 is 0. The fraction of sp³-hybridized carbons (Fsp3) is 0.909. The maximum absolute atomic E-state index is 7.25. The number of ether oxygens (including phenoxy) is 1. The topological polar surface area (TPSA) is 18.5 Å². The van der Waals surface area contributed by atoms with Gasteiger partial charge in [0.2, 0.25) is 8.32 Å². The van der Waals surface area contributed by atoms with Gasteiger partial charge in [0, 0.05) is 11.8 Å². The third kappa shape index (κ3) is 2.71. The maximum atomic E-state index is 7.25. The molecule has 1 saturated heterocycles. The Balaban J connectivity index is 1.96. The largest absolute Gasteiger partial charge is 0.410 e. The average Bonchev–Trinajstić information content (AvgIpc) is 2.74. The first-order valence-corrected chi connectivity index (χ1v) is 12.7. The molecule has 0 N–H and O–H groups in total. The molecule has 3 aliphatic rings. The average molecular weight is 365 g/mol. The van der Waals surface area contributed by atoms with Crippen molar-refractivity contribution in [2.24, 2.45) is 5.41 Å². The molecular weight excluding hydrogens is 324 g/mol. The van der Waals surface area contributed by atoms with Gasteiger partial charge in [0.15, 0.2) is 0 Å². The highest BCUT2D eigenvalue weighted by Crippen LogP contribution is 2.61. The van der Waals surface area contributed by atoms with Crippen molar-refractivity contribution in [1.82, 2.24) is 0 Å². The molecule has 3 rings (SSSR count). The van der Waals surface area contributed by atoms with Crippen LogP contribution in [0.3, 0.4) is 0 Å². The lowest BCUT2D eigenvalue weighted by Gasteiger charge is -2.51. The highest BCUT2D eigenvalue weighted by Gasteiger charge is 2.64. The summed E-state index contributed by atoms with van der Waals surface area (Å²) in [5.74, 6) is 0. The van der Waals surface area contributed by atoms with Crippen molar-refractivity contribution in [3.05, 3.63) is 12.2 Å². The zero-order valence-corrected chi connectivity index (χ0v) is 18.8. The van der Waals surface area contributed by atoms with Gasteiger partial charge in [-0.05, 0) is 36.4 Å². The molecule has 1 unspecified atom stereocenters. The van der Waals surface area contributed by atoms with Crippen LogP contribution >= 0.6 is 0 Å². The van der Waals surface area contributed by atoms with E-state index in [2.05, 4.69) is 67.5 Å². The molecule has 3 heteroatoms. The second-order valence-corrected chi connectivity index (χ2v) is 15.8. The first-order chi connectivity index (χ1) is 11.5.